The molecule has 0 rings (SSSR count). The molecule has 1 unspecified atom stereocenters. The lowest BCUT2D eigenvalue weighted by molar-refractivity contribution is -0.133. The van der Waals surface area contributed by atoms with Crippen molar-refractivity contribution in [3.8, 4) is 0 Å². The molecule has 0 amide bonds. The van der Waals surface area contributed by atoms with Crippen molar-refractivity contribution in [3.63, 3.8) is 0 Å². The van der Waals surface area contributed by atoms with Gasteiger partial charge in [0.05, 0.1) is 0 Å². The van der Waals surface area contributed by atoms with E-state index in [9.17, 15) is 9.90 Å². The Labute approximate surface area is 265 Å². The van der Waals surface area contributed by atoms with Crippen LogP contribution >= 0.6 is 0 Å². The minimum absolute atomic E-state index is 0.181. The van der Waals surface area contributed by atoms with Gasteiger partial charge in [0.2, 0.25) is 0 Å². The highest BCUT2D eigenvalue weighted by Crippen LogP contribution is 2.25. The molecule has 0 saturated heterocycles. The van der Waals surface area contributed by atoms with Crippen molar-refractivity contribution in [1.29, 1.82) is 0 Å². The average molecular weight is 591 g/mol. The molecule has 0 aromatic rings. The Morgan fingerprint density at radius 2 is 0.595 bits per heavy atom. The predicted octanol–water partition coefficient (Wildman–Crippen LogP) is 14.5. The van der Waals surface area contributed by atoms with E-state index in [1.807, 2.05) is 0 Å². The van der Waals surface area contributed by atoms with Gasteiger partial charge in [-0.25, -0.2) is 4.79 Å². The lowest BCUT2D eigenvalue weighted by Gasteiger charge is -2.17. The Bertz CT molecular complexity index is 554. The van der Waals surface area contributed by atoms with E-state index < -0.39 is 5.97 Å². The van der Waals surface area contributed by atoms with Crippen molar-refractivity contribution in [3.05, 3.63) is 12.2 Å². The summed E-state index contributed by atoms with van der Waals surface area (Å²) in [6.45, 7) is 8.52. The van der Waals surface area contributed by atoms with Gasteiger partial charge in [0.1, 0.15) is 0 Å². The Kier molecular flexibility index (Phi) is 34.0. The SMILES string of the molecule is C=C(C(=O)O)C(CCCCCCCCCCCCCCCC)CCCCCCCCCCCCCCCCCCCC. The maximum atomic E-state index is 11.6. The van der Waals surface area contributed by atoms with Crippen LogP contribution in [0.5, 0.6) is 0 Å². The third kappa shape index (κ3) is 30.7. The van der Waals surface area contributed by atoms with E-state index in [2.05, 4.69) is 20.4 Å². The maximum Gasteiger partial charge on any atom is 0.331 e. The van der Waals surface area contributed by atoms with Crippen LogP contribution < -0.4 is 0 Å². The summed E-state index contributed by atoms with van der Waals surface area (Å²) in [6, 6.07) is 0. The first kappa shape index (κ1) is 41.2. The van der Waals surface area contributed by atoms with E-state index in [-0.39, 0.29) is 5.92 Å². The quantitative estimate of drug-likeness (QED) is 0.0582. The molecule has 0 heterocycles. The average Bonchev–Trinajstić information content (AvgIpc) is 2.99. The molecule has 0 bridgehead atoms. The van der Waals surface area contributed by atoms with Crippen LogP contribution in [-0.4, -0.2) is 11.1 Å². The fourth-order valence-corrected chi connectivity index (χ4v) is 6.55. The molecular formula is C40H78O2. The van der Waals surface area contributed by atoms with Crippen LogP contribution in [0, 0.1) is 5.92 Å². The summed E-state index contributed by atoms with van der Waals surface area (Å²) >= 11 is 0. The molecule has 0 aliphatic rings. The second-order valence-electron chi connectivity index (χ2n) is 13.7. The van der Waals surface area contributed by atoms with Crippen LogP contribution in [0.1, 0.15) is 232 Å². The minimum Gasteiger partial charge on any atom is -0.478 e. The van der Waals surface area contributed by atoms with Crippen molar-refractivity contribution in [2.75, 3.05) is 0 Å². The Balaban J connectivity index is 3.58. The lowest BCUT2D eigenvalue weighted by atomic mass is 9.88. The van der Waals surface area contributed by atoms with Crippen LogP contribution in [0.2, 0.25) is 0 Å². The number of hydrogen-bond donors (Lipinski definition) is 1. The first-order chi connectivity index (χ1) is 20.6. The van der Waals surface area contributed by atoms with Gasteiger partial charge >= 0.3 is 5.97 Å². The molecule has 0 aromatic heterocycles. The first-order valence-corrected chi connectivity index (χ1v) is 19.6. The molecule has 250 valence electrons. The molecule has 0 radical (unpaired) electrons. The van der Waals surface area contributed by atoms with Gasteiger partial charge in [-0.2, -0.15) is 0 Å². The molecule has 0 aliphatic heterocycles. The largest absolute Gasteiger partial charge is 0.478 e. The number of hydrogen-bond acceptors (Lipinski definition) is 1. The van der Waals surface area contributed by atoms with Crippen LogP contribution in [0.15, 0.2) is 12.2 Å². The third-order valence-electron chi connectivity index (χ3n) is 9.58. The van der Waals surface area contributed by atoms with Gasteiger partial charge in [-0.1, -0.05) is 226 Å². The summed E-state index contributed by atoms with van der Waals surface area (Å²) in [5.41, 5.74) is 0.455. The molecule has 0 aromatic carbocycles. The highest BCUT2D eigenvalue weighted by Gasteiger charge is 2.17. The van der Waals surface area contributed by atoms with Gasteiger partial charge in [0, 0.05) is 5.57 Å². The zero-order chi connectivity index (χ0) is 30.8. The van der Waals surface area contributed by atoms with E-state index in [0.29, 0.717) is 5.57 Å². The Hall–Kier alpha value is -0.790. The van der Waals surface area contributed by atoms with Gasteiger partial charge in [-0.05, 0) is 18.8 Å². The topological polar surface area (TPSA) is 37.3 Å². The standard InChI is InChI=1S/C40H78O2/c1-4-6-8-10-12-14-16-18-20-21-22-23-25-27-29-31-33-35-37-39(38(3)40(41)42)36-34-32-30-28-26-24-19-17-15-13-11-9-7-5-2/h39H,3-37H2,1-2H3,(H,41,42). The van der Waals surface area contributed by atoms with Crippen molar-refractivity contribution in [2.24, 2.45) is 5.92 Å². The van der Waals surface area contributed by atoms with E-state index >= 15 is 0 Å². The fourth-order valence-electron chi connectivity index (χ4n) is 6.55. The summed E-state index contributed by atoms with van der Waals surface area (Å²) in [5.74, 6) is -0.603. The normalized spacial score (nSPS) is 12.1. The molecule has 42 heavy (non-hydrogen) atoms. The highest BCUT2D eigenvalue weighted by molar-refractivity contribution is 5.86. The summed E-state index contributed by atoms with van der Waals surface area (Å²) < 4.78 is 0. The zero-order valence-corrected chi connectivity index (χ0v) is 29.2. The lowest BCUT2D eigenvalue weighted by Crippen LogP contribution is -2.12. The summed E-state index contributed by atoms with van der Waals surface area (Å²) in [4.78, 5) is 11.6. The van der Waals surface area contributed by atoms with Gasteiger partial charge < -0.3 is 5.11 Å². The van der Waals surface area contributed by atoms with Crippen LogP contribution in [0.4, 0.5) is 0 Å². The number of unbranched alkanes of at least 4 members (excludes halogenated alkanes) is 30. The van der Waals surface area contributed by atoms with E-state index in [1.165, 1.54) is 193 Å². The number of rotatable bonds is 36. The van der Waals surface area contributed by atoms with Crippen LogP contribution in [-0.2, 0) is 4.79 Å². The maximum absolute atomic E-state index is 11.6. The summed E-state index contributed by atoms with van der Waals surface area (Å²) in [5, 5.41) is 9.52. The number of carboxylic acids is 1. The second kappa shape index (κ2) is 34.7. The number of carboxylic acid groups (broad SMARTS) is 1. The fraction of sp³-hybridized carbons (Fsp3) is 0.925. The molecule has 2 nitrogen and oxygen atoms in total. The van der Waals surface area contributed by atoms with Gasteiger partial charge in [0.15, 0.2) is 0 Å². The minimum atomic E-state index is -0.784. The second-order valence-corrected chi connectivity index (χ2v) is 13.7. The van der Waals surface area contributed by atoms with Crippen LogP contribution in [0.3, 0.4) is 0 Å². The Morgan fingerprint density at radius 1 is 0.405 bits per heavy atom. The van der Waals surface area contributed by atoms with Gasteiger partial charge in [0.25, 0.3) is 0 Å². The molecule has 2 heteroatoms. The zero-order valence-electron chi connectivity index (χ0n) is 29.2. The van der Waals surface area contributed by atoms with E-state index in [0.717, 1.165) is 25.7 Å². The van der Waals surface area contributed by atoms with Gasteiger partial charge in [-0.3, -0.25) is 0 Å². The van der Waals surface area contributed by atoms with E-state index in [4.69, 9.17) is 0 Å². The summed E-state index contributed by atoms with van der Waals surface area (Å²) in [6.07, 6.45) is 46.2. The Morgan fingerprint density at radius 3 is 0.786 bits per heavy atom. The molecule has 0 spiro atoms. The van der Waals surface area contributed by atoms with Crippen molar-refractivity contribution in [1.82, 2.24) is 0 Å². The molecule has 0 fully saturated rings. The molecule has 1 atom stereocenters. The highest BCUT2D eigenvalue weighted by atomic mass is 16.4. The van der Waals surface area contributed by atoms with Crippen LogP contribution in [0.25, 0.3) is 0 Å². The van der Waals surface area contributed by atoms with Crippen molar-refractivity contribution < 1.29 is 9.90 Å². The third-order valence-corrected chi connectivity index (χ3v) is 9.58. The molecule has 1 N–H and O–H groups in total. The number of aliphatic carboxylic acids is 1. The first-order valence-electron chi connectivity index (χ1n) is 19.6. The smallest absolute Gasteiger partial charge is 0.331 e. The van der Waals surface area contributed by atoms with Gasteiger partial charge in [-0.15, -0.1) is 0 Å². The summed E-state index contributed by atoms with van der Waals surface area (Å²) in [7, 11) is 0. The molecular weight excluding hydrogens is 512 g/mol. The molecule has 0 aliphatic carbocycles. The van der Waals surface area contributed by atoms with Crippen molar-refractivity contribution >= 4 is 5.97 Å². The monoisotopic (exact) mass is 591 g/mol. The van der Waals surface area contributed by atoms with Crippen molar-refractivity contribution in [2.45, 2.75) is 232 Å². The van der Waals surface area contributed by atoms with E-state index in [1.54, 1.807) is 0 Å². The predicted molar refractivity (Wildman–Crippen MR) is 189 cm³/mol. The molecule has 0 saturated carbocycles. The number of carbonyl (C=O) groups is 1.